The Morgan fingerprint density at radius 1 is 0.596 bits per heavy atom. The molecule has 47 heavy (non-hydrogen) atoms. The van der Waals surface area contributed by atoms with E-state index < -0.39 is 0 Å². The Hall–Kier alpha value is -2.89. The minimum atomic E-state index is -0.146. The van der Waals surface area contributed by atoms with Crippen LogP contribution in [0.2, 0.25) is 0 Å². The van der Waals surface area contributed by atoms with Crippen LogP contribution in [-0.4, -0.2) is 86.8 Å². The van der Waals surface area contributed by atoms with Crippen molar-refractivity contribution in [3.63, 3.8) is 0 Å². The molecular weight excluding hydrogens is 596 g/mol. The van der Waals surface area contributed by atoms with Crippen LogP contribution in [0, 0.1) is 11.8 Å². The standard InChI is InChI=1S/C35H70N8O4/c1-5-7-13-29(3)15-17-31(44)40-25-11-27-43(28-12-26-41-32(45)18-16-30(4)14-8-6-2)34(47)20-19-33(46)39-23-9-21-38-22-10-24-42-35(36)37/h29-30,38H,5-28H2,1-4H3,(H,39,46)(H,40,44)(H,41,45)(H4,36,37,42). The monoisotopic (exact) mass is 667 g/mol. The molecule has 2 unspecified atom stereocenters. The van der Waals surface area contributed by atoms with Gasteiger partial charge in [0.25, 0.3) is 0 Å². The number of unbranched alkanes of at least 4 members (excludes halogenated alkanes) is 2. The van der Waals surface area contributed by atoms with Crippen LogP contribution in [0.4, 0.5) is 0 Å². The van der Waals surface area contributed by atoms with E-state index in [9.17, 15) is 19.2 Å². The highest BCUT2D eigenvalue weighted by atomic mass is 16.2. The van der Waals surface area contributed by atoms with Gasteiger partial charge in [-0.1, -0.05) is 66.2 Å². The molecule has 0 spiro atoms. The van der Waals surface area contributed by atoms with Crippen molar-refractivity contribution in [2.45, 2.75) is 130 Å². The highest BCUT2D eigenvalue weighted by Crippen LogP contribution is 2.14. The summed E-state index contributed by atoms with van der Waals surface area (Å²) in [5.41, 5.74) is 10.6. The van der Waals surface area contributed by atoms with Crippen LogP contribution in [-0.2, 0) is 19.2 Å². The zero-order valence-electron chi connectivity index (χ0n) is 30.3. The van der Waals surface area contributed by atoms with Crippen LogP contribution in [0.25, 0.3) is 0 Å². The SMILES string of the molecule is CCCCC(C)CCC(=O)NCCCN(CCCNC(=O)CCC(C)CCCC)C(=O)CCC(=O)NCCCNCCCN=C(N)N. The van der Waals surface area contributed by atoms with E-state index in [4.69, 9.17) is 11.5 Å². The molecule has 0 saturated carbocycles. The first-order valence-electron chi connectivity index (χ1n) is 18.4. The lowest BCUT2D eigenvalue weighted by Crippen LogP contribution is -2.37. The minimum Gasteiger partial charge on any atom is -0.370 e. The van der Waals surface area contributed by atoms with Crippen molar-refractivity contribution in [2.75, 3.05) is 52.4 Å². The summed E-state index contributed by atoms with van der Waals surface area (Å²) in [6.45, 7) is 13.4. The van der Waals surface area contributed by atoms with Gasteiger partial charge in [0, 0.05) is 65.0 Å². The first kappa shape index (κ1) is 44.1. The Labute approximate surface area is 285 Å². The Morgan fingerprint density at radius 3 is 1.55 bits per heavy atom. The van der Waals surface area contributed by atoms with Gasteiger partial charge in [0.1, 0.15) is 0 Å². The van der Waals surface area contributed by atoms with Gasteiger partial charge in [-0.25, -0.2) is 0 Å². The predicted octanol–water partition coefficient (Wildman–Crippen LogP) is 3.58. The third-order valence-corrected chi connectivity index (χ3v) is 8.26. The van der Waals surface area contributed by atoms with Crippen LogP contribution < -0.4 is 32.7 Å². The number of rotatable bonds is 31. The normalized spacial score (nSPS) is 12.2. The number of nitrogens with two attached hydrogens (primary N) is 2. The maximum atomic E-state index is 13.1. The van der Waals surface area contributed by atoms with Gasteiger partial charge >= 0.3 is 0 Å². The van der Waals surface area contributed by atoms with Crippen molar-refractivity contribution in [1.29, 1.82) is 0 Å². The molecule has 0 aliphatic heterocycles. The fourth-order valence-corrected chi connectivity index (χ4v) is 5.13. The van der Waals surface area contributed by atoms with Gasteiger partial charge in [-0.15, -0.1) is 0 Å². The van der Waals surface area contributed by atoms with E-state index in [-0.39, 0.29) is 42.4 Å². The second-order valence-corrected chi connectivity index (χ2v) is 13.0. The lowest BCUT2D eigenvalue weighted by Gasteiger charge is -2.23. The lowest BCUT2D eigenvalue weighted by molar-refractivity contribution is -0.133. The molecule has 0 aromatic rings. The molecule has 12 nitrogen and oxygen atoms in total. The van der Waals surface area contributed by atoms with Gasteiger partial charge in [-0.05, 0) is 63.5 Å². The lowest BCUT2D eigenvalue weighted by atomic mass is 9.99. The molecule has 0 fully saturated rings. The van der Waals surface area contributed by atoms with Crippen molar-refractivity contribution in [3.05, 3.63) is 0 Å². The van der Waals surface area contributed by atoms with Crippen LogP contribution in [0.1, 0.15) is 130 Å². The zero-order valence-corrected chi connectivity index (χ0v) is 30.3. The van der Waals surface area contributed by atoms with E-state index in [1.807, 2.05) is 0 Å². The molecule has 0 aliphatic carbocycles. The Morgan fingerprint density at radius 2 is 1.06 bits per heavy atom. The molecule has 274 valence electrons. The topological polar surface area (TPSA) is 184 Å². The van der Waals surface area contributed by atoms with Gasteiger partial charge in [0.2, 0.25) is 23.6 Å². The first-order valence-corrected chi connectivity index (χ1v) is 18.4. The number of nitrogens with one attached hydrogen (secondary N) is 4. The summed E-state index contributed by atoms with van der Waals surface area (Å²) in [5.74, 6) is 1.05. The predicted molar refractivity (Wildman–Crippen MR) is 193 cm³/mol. The van der Waals surface area contributed by atoms with E-state index in [1.54, 1.807) is 4.90 Å². The van der Waals surface area contributed by atoms with E-state index in [0.717, 1.165) is 51.6 Å². The number of carbonyl (C=O) groups is 4. The van der Waals surface area contributed by atoms with Gasteiger partial charge in [-0.2, -0.15) is 0 Å². The summed E-state index contributed by atoms with van der Waals surface area (Å²) in [5, 5.41) is 12.1. The van der Waals surface area contributed by atoms with Crippen LogP contribution in [0.15, 0.2) is 4.99 Å². The van der Waals surface area contributed by atoms with Gasteiger partial charge in [-0.3, -0.25) is 24.2 Å². The quantitative estimate of drug-likeness (QED) is 0.0371. The second kappa shape index (κ2) is 30.4. The third kappa shape index (κ3) is 29.0. The average molecular weight is 667 g/mol. The number of hydrogen-bond donors (Lipinski definition) is 6. The van der Waals surface area contributed by atoms with Gasteiger partial charge < -0.3 is 37.6 Å². The van der Waals surface area contributed by atoms with E-state index >= 15 is 0 Å². The number of hydrogen-bond acceptors (Lipinski definition) is 6. The maximum absolute atomic E-state index is 13.1. The molecule has 4 amide bonds. The van der Waals surface area contributed by atoms with Crippen LogP contribution in [0.3, 0.4) is 0 Å². The average Bonchev–Trinajstić information content (AvgIpc) is 3.04. The van der Waals surface area contributed by atoms with Crippen molar-refractivity contribution in [3.8, 4) is 0 Å². The summed E-state index contributed by atoms with van der Waals surface area (Å²) < 4.78 is 0. The fourth-order valence-electron chi connectivity index (χ4n) is 5.13. The molecule has 0 aromatic heterocycles. The molecule has 12 heteroatoms. The highest BCUT2D eigenvalue weighted by molar-refractivity contribution is 5.83. The molecular formula is C35H70N8O4. The number of aliphatic imine (C=N–C) groups is 1. The minimum absolute atomic E-state index is 0.0516. The summed E-state index contributed by atoms with van der Waals surface area (Å²) in [4.78, 5) is 55.8. The summed E-state index contributed by atoms with van der Waals surface area (Å²) in [6, 6.07) is 0. The van der Waals surface area contributed by atoms with Gasteiger partial charge in [0.05, 0.1) is 0 Å². The molecule has 0 radical (unpaired) electrons. The second-order valence-electron chi connectivity index (χ2n) is 13.0. The molecule has 0 aliphatic rings. The molecule has 8 N–H and O–H groups in total. The molecule has 0 bridgehead atoms. The van der Waals surface area contributed by atoms with Crippen molar-refractivity contribution >= 4 is 29.6 Å². The number of nitrogens with zero attached hydrogens (tertiary/aromatic N) is 2. The van der Waals surface area contributed by atoms with E-state index in [2.05, 4.69) is 54.0 Å². The number of carbonyl (C=O) groups excluding carboxylic acids is 4. The molecule has 2 atom stereocenters. The van der Waals surface area contributed by atoms with Crippen molar-refractivity contribution in [2.24, 2.45) is 28.3 Å². The summed E-state index contributed by atoms with van der Waals surface area (Å²) >= 11 is 0. The van der Waals surface area contributed by atoms with Crippen LogP contribution >= 0.6 is 0 Å². The Kier molecular flexibility index (Phi) is 28.6. The number of amides is 4. The largest absolute Gasteiger partial charge is 0.370 e. The molecule has 0 heterocycles. The summed E-state index contributed by atoms with van der Waals surface area (Å²) in [7, 11) is 0. The Bertz CT molecular complexity index is 829. The Balaban J connectivity index is 4.56. The third-order valence-electron chi connectivity index (χ3n) is 8.26. The smallest absolute Gasteiger partial charge is 0.223 e. The highest BCUT2D eigenvalue weighted by Gasteiger charge is 2.16. The van der Waals surface area contributed by atoms with Gasteiger partial charge in [0.15, 0.2) is 5.96 Å². The number of guanidine groups is 1. The van der Waals surface area contributed by atoms with Crippen molar-refractivity contribution in [1.82, 2.24) is 26.2 Å². The maximum Gasteiger partial charge on any atom is 0.223 e. The van der Waals surface area contributed by atoms with Crippen LogP contribution in [0.5, 0.6) is 0 Å². The first-order chi connectivity index (χ1) is 22.6. The van der Waals surface area contributed by atoms with Crippen molar-refractivity contribution < 1.29 is 19.2 Å². The fraction of sp³-hybridized carbons (Fsp3) is 0.857. The van der Waals surface area contributed by atoms with E-state index in [1.165, 1.54) is 25.7 Å². The molecule has 0 saturated heterocycles. The zero-order chi connectivity index (χ0) is 35.1. The molecule has 0 aromatic carbocycles. The van der Waals surface area contributed by atoms with E-state index in [0.29, 0.717) is 76.8 Å². The molecule has 0 rings (SSSR count). The summed E-state index contributed by atoms with van der Waals surface area (Å²) in [6.07, 6.45) is 13.0.